The summed E-state index contributed by atoms with van der Waals surface area (Å²) in [5.41, 5.74) is 2.21. The standard InChI is InChI=1S/C27H27NO6/c1-4-28(16-19-7-5-6-8-22(19)32-2)15-17-9-11-18(12-10-17)25-24(31)23(30)20-13-14-21(29)27(33-3)26(20)34-25/h5-14,29,31H,4,15-16H2,1-3H3. The summed E-state index contributed by atoms with van der Waals surface area (Å²) in [5, 5.41) is 20.7. The van der Waals surface area contributed by atoms with Crippen molar-refractivity contribution in [2.45, 2.75) is 20.0 Å². The molecule has 4 rings (SSSR count). The van der Waals surface area contributed by atoms with Crippen LogP contribution in [0.4, 0.5) is 0 Å². The van der Waals surface area contributed by atoms with E-state index in [1.165, 1.54) is 19.2 Å². The number of para-hydroxylation sites is 1. The number of fused-ring (bicyclic) bond motifs is 1. The van der Waals surface area contributed by atoms with Gasteiger partial charge in [-0.15, -0.1) is 0 Å². The van der Waals surface area contributed by atoms with Crippen LogP contribution in [0.2, 0.25) is 0 Å². The zero-order valence-corrected chi connectivity index (χ0v) is 19.4. The number of hydrogen-bond donors (Lipinski definition) is 2. The zero-order valence-electron chi connectivity index (χ0n) is 19.4. The van der Waals surface area contributed by atoms with E-state index in [4.69, 9.17) is 13.9 Å². The minimum absolute atomic E-state index is 0.0225. The van der Waals surface area contributed by atoms with E-state index >= 15 is 0 Å². The normalized spacial score (nSPS) is 11.2. The lowest BCUT2D eigenvalue weighted by Gasteiger charge is -2.22. The van der Waals surface area contributed by atoms with E-state index in [0.717, 1.165) is 30.0 Å². The van der Waals surface area contributed by atoms with Crippen molar-refractivity contribution in [1.82, 2.24) is 4.90 Å². The van der Waals surface area contributed by atoms with Crippen LogP contribution in [0.3, 0.4) is 0 Å². The van der Waals surface area contributed by atoms with Gasteiger partial charge in [0.2, 0.25) is 16.9 Å². The Morgan fingerprint density at radius 3 is 2.32 bits per heavy atom. The molecule has 1 aromatic heterocycles. The van der Waals surface area contributed by atoms with Crippen LogP contribution in [0.25, 0.3) is 22.3 Å². The lowest BCUT2D eigenvalue weighted by Crippen LogP contribution is -2.22. The molecule has 2 N–H and O–H groups in total. The summed E-state index contributed by atoms with van der Waals surface area (Å²) in [6, 6.07) is 18.2. The van der Waals surface area contributed by atoms with Gasteiger partial charge < -0.3 is 24.1 Å². The third-order valence-electron chi connectivity index (χ3n) is 5.83. The maximum absolute atomic E-state index is 12.7. The summed E-state index contributed by atoms with van der Waals surface area (Å²) in [5.74, 6) is 0.287. The minimum Gasteiger partial charge on any atom is -0.504 e. The molecule has 0 spiro atoms. The first-order chi connectivity index (χ1) is 16.5. The Bertz CT molecular complexity index is 1360. The van der Waals surface area contributed by atoms with Gasteiger partial charge >= 0.3 is 0 Å². The van der Waals surface area contributed by atoms with Gasteiger partial charge in [-0.2, -0.15) is 0 Å². The Kier molecular flexibility index (Phi) is 6.75. The predicted octanol–water partition coefficient (Wildman–Crippen LogP) is 4.91. The van der Waals surface area contributed by atoms with E-state index in [9.17, 15) is 15.0 Å². The Labute approximate surface area is 197 Å². The molecule has 0 aliphatic rings. The Morgan fingerprint density at radius 2 is 1.65 bits per heavy atom. The van der Waals surface area contributed by atoms with Crippen molar-refractivity contribution in [2.75, 3.05) is 20.8 Å². The fourth-order valence-corrected chi connectivity index (χ4v) is 3.98. The van der Waals surface area contributed by atoms with Gasteiger partial charge in [-0.25, -0.2) is 0 Å². The van der Waals surface area contributed by atoms with Gasteiger partial charge in [0.05, 0.1) is 19.6 Å². The number of nitrogens with zero attached hydrogens (tertiary/aromatic N) is 1. The number of benzene rings is 3. The molecular formula is C27H27NO6. The summed E-state index contributed by atoms with van der Waals surface area (Å²) in [4.78, 5) is 15.0. The highest BCUT2D eigenvalue weighted by molar-refractivity contribution is 5.88. The molecule has 3 aromatic carbocycles. The van der Waals surface area contributed by atoms with E-state index < -0.39 is 11.2 Å². The summed E-state index contributed by atoms with van der Waals surface area (Å²) >= 11 is 0. The SMILES string of the molecule is CCN(Cc1ccc(-c2oc3c(OC)c(O)ccc3c(=O)c2O)cc1)Cc1ccccc1OC. The summed E-state index contributed by atoms with van der Waals surface area (Å²) < 4.78 is 16.5. The van der Waals surface area contributed by atoms with E-state index in [2.05, 4.69) is 17.9 Å². The summed E-state index contributed by atoms with van der Waals surface area (Å²) in [6.45, 7) is 4.41. The first kappa shape index (κ1) is 23.2. The Hall–Kier alpha value is -3.97. The number of methoxy groups -OCH3 is 2. The van der Waals surface area contributed by atoms with Crippen molar-refractivity contribution in [3.05, 3.63) is 82.0 Å². The van der Waals surface area contributed by atoms with Crippen LogP contribution >= 0.6 is 0 Å². The number of hydrogen-bond acceptors (Lipinski definition) is 7. The third kappa shape index (κ3) is 4.43. The van der Waals surface area contributed by atoms with Crippen molar-refractivity contribution in [3.63, 3.8) is 0 Å². The molecule has 7 heteroatoms. The molecule has 0 radical (unpaired) electrons. The van der Waals surface area contributed by atoms with Crippen LogP contribution in [0.5, 0.6) is 23.0 Å². The molecule has 0 unspecified atom stereocenters. The van der Waals surface area contributed by atoms with Gasteiger partial charge in [0.25, 0.3) is 0 Å². The molecule has 1 heterocycles. The van der Waals surface area contributed by atoms with E-state index in [-0.39, 0.29) is 28.2 Å². The lowest BCUT2D eigenvalue weighted by atomic mass is 10.1. The Balaban J connectivity index is 1.62. The van der Waals surface area contributed by atoms with Crippen molar-refractivity contribution in [2.24, 2.45) is 0 Å². The van der Waals surface area contributed by atoms with Gasteiger partial charge in [-0.05, 0) is 30.3 Å². The number of phenolic OH excluding ortho intramolecular Hbond substituents is 1. The monoisotopic (exact) mass is 461 g/mol. The molecule has 0 fully saturated rings. The second-order valence-electron chi connectivity index (χ2n) is 7.92. The van der Waals surface area contributed by atoms with Crippen LogP contribution in [0.15, 0.2) is 69.9 Å². The Morgan fingerprint density at radius 1 is 0.912 bits per heavy atom. The van der Waals surface area contributed by atoms with Crippen molar-refractivity contribution >= 4 is 11.0 Å². The summed E-state index contributed by atoms with van der Waals surface area (Å²) in [7, 11) is 3.05. The lowest BCUT2D eigenvalue weighted by molar-refractivity contribution is 0.266. The quantitative estimate of drug-likeness (QED) is 0.385. The maximum Gasteiger partial charge on any atom is 0.235 e. The van der Waals surface area contributed by atoms with Crippen LogP contribution in [-0.2, 0) is 13.1 Å². The van der Waals surface area contributed by atoms with Crippen molar-refractivity contribution in [3.8, 4) is 34.3 Å². The van der Waals surface area contributed by atoms with Crippen LogP contribution in [0.1, 0.15) is 18.1 Å². The molecule has 176 valence electrons. The maximum atomic E-state index is 12.7. The highest BCUT2D eigenvalue weighted by atomic mass is 16.5. The number of aromatic hydroxyl groups is 2. The molecule has 4 aromatic rings. The van der Waals surface area contributed by atoms with Gasteiger partial charge in [-0.1, -0.05) is 49.4 Å². The molecule has 7 nitrogen and oxygen atoms in total. The van der Waals surface area contributed by atoms with E-state index in [0.29, 0.717) is 12.1 Å². The smallest absolute Gasteiger partial charge is 0.235 e. The topological polar surface area (TPSA) is 92.4 Å². The summed E-state index contributed by atoms with van der Waals surface area (Å²) in [6.07, 6.45) is 0. The van der Waals surface area contributed by atoms with Crippen molar-refractivity contribution in [1.29, 1.82) is 0 Å². The van der Waals surface area contributed by atoms with E-state index in [1.807, 2.05) is 30.3 Å². The number of ether oxygens (including phenoxy) is 2. The molecular weight excluding hydrogens is 434 g/mol. The highest BCUT2D eigenvalue weighted by Gasteiger charge is 2.20. The number of phenols is 1. The van der Waals surface area contributed by atoms with Gasteiger partial charge in [0.1, 0.15) is 5.75 Å². The fourth-order valence-electron chi connectivity index (χ4n) is 3.98. The highest BCUT2D eigenvalue weighted by Crippen LogP contribution is 2.38. The molecule has 0 aliphatic heterocycles. The molecule has 0 atom stereocenters. The average molecular weight is 462 g/mol. The van der Waals surface area contributed by atoms with E-state index in [1.54, 1.807) is 19.2 Å². The second kappa shape index (κ2) is 9.89. The van der Waals surface area contributed by atoms with Crippen LogP contribution < -0.4 is 14.9 Å². The largest absolute Gasteiger partial charge is 0.504 e. The first-order valence-electron chi connectivity index (χ1n) is 11.0. The number of rotatable bonds is 8. The van der Waals surface area contributed by atoms with Crippen LogP contribution in [-0.4, -0.2) is 35.9 Å². The molecule has 0 amide bonds. The zero-order chi connectivity index (χ0) is 24.2. The average Bonchev–Trinajstić information content (AvgIpc) is 2.86. The first-order valence-corrected chi connectivity index (χ1v) is 11.0. The second-order valence-corrected chi connectivity index (χ2v) is 7.92. The van der Waals surface area contributed by atoms with Gasteiger partial charge in [-0.3, -0.25) is 9.69 Å². The molecule has 0 bridgehead atoms. The fraction of sp³-hybridized carbons (Fsp3) is 0.222. The molecule has 0 aliphatic carbocycles. The van der Waals surface area contributed by atoms with Gasteiger partial charge in [0.15, 0.2) is 17.1 Å². The van der Waals surface area contributed by atoms with Crippen LogP contribution in [0, 0.1) is 0 Å². The third-order valence-corrected chi connectivity index (χ3v) is 5.83. The van der Waals surface area contributed by atoms with Crippen molar-refractivity contribution < 1.29 is 24.1 Å². The van der Waals surface area contributed by atoms with Gasteiger partial charge in [0, 0.05) is 24.2 Å². The molecule has 0 saturated carbocycles. The molecule has 0 saturated heterocycles. The molecule has 34 heavy (non-hydrogen) atoms. The predicted molar refractivity (Wildman–Crippen MR) is 131 cm³/mol. The minimum atomic E-state index is -0.590.